The number of methoxy groups -OCH3 is 1. The lowest BCUT2D eigenvalue weighted by Gasteiger charge is -2.38. The summed E-state index contributed by atoms with van der Waals surface area (Å²) < 4.78 is 5.27. The summed E-state index contributed by atoms with van der Waals surface area (Å²) >= 11 is 0. The van der Waals surface area contributed by atoms with Crippen LogP contribution in [0.2, 0.25) is 0 Å². The van der Waals surface area contributed by atoms with Gasteiger partial charge in [-0.05, 0) is 56.2 Å². The summed E-state index contributed by atoms with van der Waals surface area (Å²) in [5.74, 6) is 1.61. The summed E-state index contributed by atoms with van der Waals surface area (Å²) in [5, 5.41) is 12.5. The van der Waals surface area contributed by atoms with Gasteiger partial charge in [0.2, 0.25) is 0 Å². The molecule has 2 N–H and O–H groups in total. The van der Waals surface area contributed by atoms with E-state index in [2.05, 4.69) is 30.4 Å². The summed E-state index contributed by atoms with van der Waals surface area (Å²) in [6.07, 6.45) is 4.35. The molecule has 3 heteroatoms. The van der Waals surface area contributed by atoms with Crippen molar-refractivity contribution < 1.29 is 9.84 Å². The second-order valence-electron chi connectivity index (χ2n) is 5.58. The lowest BCUT2D eigenvalue weighted by atomic mass is 9.75. The van der Waals surface area contributed by atoms with Crippen LogP contribution in [0.5, 0.6) is 5.75 Å². The Morgan fingerprint density at radius 2 is 2.21 bits per heavy atom. The van der Waals surface area contributed by atoms with Gasteiger partial charge in [-0.25, -0.2) is 0 Å². The maximum Gasteiger partial charge on any atom is 0.119 e. The summed E-state index contributed by atoms with van der Waals surface area (Å²) in [7, 11) is 1.72. The van der Waals surface area contributed by atoms with Gasteiger partial charge in [0.1, 0.15) is 5.75 Å². The third-order valence-electron chi connectivity index (χ3n) is 4.02. The van der Waals surface area contributed by atoms with Crippen LogP contribution in [-0.2, 0) is 0 Å². The SMILES string of the molecule is COc1cccc(C2CC(NC(C)CCCO)C2)c1. The minimum atomic E-state index is 0.295. The van der Waals surface area contributed by atoms with Crippen LogP contribution in [0, 0.1) is 0 Å². The van der Waals surface area contributed by atoms with E-state index in [1.165, 1.54) is 18.4 Å². The highest BCUT2D eigenvalue weighted by Crippen LogP contribution is 2.38. The molecule has 0 spiro atoms. The molecule has 1 aromatic rings. The first-order valence-electron chi connectivity index (χ1n) is 7.23. The molecule has 0 saturated heterocycles. The fraction of sp³-hybridized carbons (Fsp3) is 0.625. The zero-order valence-corrected chi connectivity index (χ0v) is 11.9. The van der Waals surface area contributed by atoms with E-state index in [0.29, 0.717) is 24.6 Å². The molecule has 0 heterocycles. The van der Waals surface area contributed by atoms with E-state index in [1.807, 2.05) is 6.07 Å². The molecule has 3 nitrogen and oxygen atoms in total. The topological polar surface area (TPSA) is 41.5 Å². The van der Waals surface area contributed by atoms with Crippen molar-refractivity contribution in [3.8, 4) is 5.75 Å². The summed E-state index contributed by atoms with van der Waals surface area (Å²) in [6, 6.07) is 9.54. The number of nitrogens with one attached hydrogen (secondary N) is 1. The Morgan fingerprint density at radius 3 is 2.89 bits per heavy atom. The van der Waals surface area contributed by atoms with Gasteiger partial charge in [-0.2, -0.15) is 0 Å². The molecule has 0 aliphatic heterocycles. The number of hydrogen-bond acceptors (Lipinski definition) is 3. The summed E-state index contributed by atoms with van der Waals surface area (Å²) in [6.45, 7) is 2.50. The third-order valence-corrected chi connectivity index (χ3v) is 4.02. The molecule has 0 amide bonds. The molecular formula is C16H25NO2. The number of hydrogen-bond donors (Lipinski definition) is 2. The highest BCUT2D eigenvalue weighted by molar-refractivity contribution is 5.32. The van der Waals surface area contributed by atoms with E-state index in [9.17, 15) is 0 Å². The van der Waals surface area contributed by atoms with Gasteiger partial charge < -0.3 is 15.2 Å². The van der Waals surface area contributed by atoms with Crippen molar-refractivity contribution in [2.24, 2.45) is 0 Å². The number of benzene rings is 1. The van der Waals surface area contributed by atoms with Crippen molar-refractivity contribution >= 4 is 0 Å². The van der Waals surface area contributed by atoms with Gasteiger partial charge in [0.15, 0.2) is 0 Å². The van der Waals surface area contributed by atoms with Crippen molar-refractivity contribution in [2.75, 3.05) is 13.7 Å². The van der Waals surface area contributed by atoms with Crippen molar-refractivity contribution in [3.63, 3.8) is 0 Å². The standard InChI is InChI=1S/C16H25NO2/c1-12(5-4-8-18)17-15-9-14(10-15)13-6-3-7-16(11-13)19-2/h3,6-7,11-12,14-15,17-18H,4-5,8-10H2,1-2H3. The Balaban J connectivity index is 1.76. The molecule has 2 rings (SSSR count). The van der Waals surface area contributed by atoms with Gasteiger partial charge in [0.05, 0.1) is 7.11 Å². The molecular weight excluding hydrogens is 238 g/mol. The highest BCUT2D eigenvalue weighted by atomic mass is 16.5. The fourth-order valence-corrected chi connectivity index (χ4v) is 2.80. The Labute approximate surface area is 116 Å². The van der Waals surface area contributed by atoms with Gasteiger partial charge >= 0.3 is 0 Å². The normalized spacial score (nSPS) is 23.7. The smallest absolute Gasteiger partial charge is 0.119 e. The average molecular weight is 263 g/mol. The van der Waals surface area contributed by atoms with Gasteiger partial charge in [-0.15, -0.1) is 0 Å². The Hall–Kier alpha value is -1.06. The average Bonchev–Trinajstić information content (AvgIpc) is 2.40. The molecule has 0 bridgehead atoms. The van der Waals surface area contributed by atoms with Crippen LogP contribution >= 0.6 is 0 Å². The van der Waals surface area contributed by atoms with Crippen molar-refractivity contribution in [2.45, 2.75) is 50.6 Å². The molecule has 1 aromatic carbocycles. The van der Waals surface area contributed by atoms with Crippen LogP contribution in [0.1, 0.15) is 44.1 Å². The molecule has 1 saturated carbocycles. The van der Waals surface area contributed by atoms with Gasteiger partial charge in [0.25, 0.3) is 0 Å². The maximum atomic E-state index is 8.82. The molecule has 1 aliphatic rings. The minimum Gasteiger partial charge on any atom is -0.497 e. The van der Waals surface area contributed by atoms with Crippen LogP contribution in [0.4, 0.5) is 0 Å². The maximum absolute atomic E-state index is 8.82. The second-order valence-corrected chi connectivity index (χ2v) is 5.58. The summed E-state index contributed by atoms with van der Waals surface area (Å²) in [4.78, 5) is 0. The van der Waals surface area contributed by atoms with Crippen molar-refractivity contribution in [1.29, 1.82) is 0 Å². The number of ether oxygens (including phenoxy) is 1. The first-order chi connectivity index (χ1) is 9.22. The Morgan fingerprint density at radius 1 is 1.42 bits per heavy atom. The minimum absolute atomic E-state index is 0.295. The fourth-order valence-electron chi connectivity index (χ4n) is 2.80. The first-order valence-corrected chi connectivity index (χ1v) is 7.23. The second kappa shape index (κ2) is 6.92. The zero-order valence-electron chi connectivity index (χ0n) is 11.9. The lowest BCUT2D eigenvalue weighted by Crippen LogP contribution is -2.44. The quantitative estimate of drug-likeness (QED) is 0.794. The number of aliphatic hydroxyl groups is 1. The Bertz CT molecular complexity index is 388. The monoisotopic (exact) mass is 263 g/mol. The third kappa shape index (κ3) is 3.95. The lowest BCUT2D eigenvalue weighted by molar-refractivity contribution is 0.244. The Kier molecular flexibility index (Phi) is 5.23. The van der Waals surface area contributed by atoms with E-state index in [4.69, 9.17) is 9.84 Å². The van der Waals surface area contributed by atoms with Gasteiger partial charge in [-0.1, -0.05) is 12.1 Å². The first kappa shape index (κ1) is 14.4. The van der Waals surface area contributed by atoms with Crippen LogP contribution in [-0.4, -0.2) is 30.9 Å². The van der Waals surface area contributed by atoms with Crippen LogP contribution < -0.4 is 10.1 Å². The number of aliphatic hydroxyl groups excluding tert-OH is 1. The molecule has 0 aromatic heterocycles. The van der Waals surface area contributed by atoms with E-state index in [-0.39, 0.29) is 0 Å². The van der Waals surface area contributed by atoms with E-state index < -0.39 is 0 Å². The molecule has 1 unspecified atom stereocenters. The van der Waals surface area contributed by atoms with Crippen molar-refractivity contribution in [1.82, 2.24) is 5.32 Å². The van der Waals surface area contributed by atoms with Gasteiger partial charge in [-0.3, -0.25) is 0 Å². The highest BCUT2D eigenvalue weighted by Gasteiger charge is 2.30. The molecule has 106 valence electrons. The predicted molar refractivity (Wildman–Crippen MR) is 77.7 cm³/mol. The number of rotatable bonds is 7. The van der Waals surface area contributed by atoms with E-state index in [0.717, 1.165) is 18.6 Å². The van der Waals surface area contributed by atoms with Crippen LogP contribution in [0.3, 0.4) is 0 Å². The van der Waals surface area contributed by atoms with Crippen LogP contribution in [0.25, 0.3) is 0 Å². The van der Waals surface area contributed by atoms with E-state index in [1.54, 1.807) is 7.11 Å². The van der Waals surface area contributed by atoms with Crippen molar-refractivity contribution in [3.05, 3.63) is 29.8 Å². The zero-order chi connectivity index (χ0) is 13.7. The van der Waals surface area contributed by atoms with E-state index >= 15 is 0 Å². The van der Waals surface area contributed by atoms with Gasteiger partial charge in [0, 0.05) is 18.7 Å². The van der Waals surface area contributed by atoms with Crippen LogP contribution in [0.15, 0.2) is 24.3 Å². The summed E-state index contributed by atoms with van der Waals surface area (Å²) in [5.41, 5.74) is 1.39. The molecule has 1 atom stereocenters. The predicted octanol–water partition coefficient (Wildman–Crippen LogP) is 2.69. The molecule has 1 aliphatic carbocycles. The molecule has 19 heavy (non-hydrogen) atoms. The molecule has 1 fully saturated rings. The largest absolute Gasteiger partial charge is 0.497 e. The molecule has 0 radical (unpaired) electrons.